The first-order valence-electron chi connectivity index (χ1n) is 6.25. The molecule has 2 N–H and O–H groups in total. The van der Waals surface area contributed by atoms with E-state index >= 15 is 0 Å². The molecule has 0 bridgehead atoms. The molecule has 0 saturated carbocycles. The number of hydrogen-bond donors (Lipinski definition) is 2. The molecule has 0 spiro atoms. The molecule has 0 radical (unpaired) electrons. The van der Waals surface area contributed by atoms with E-state index in [1.165, 1.54) is 11.3 Å². The molecule has 2 rings (SSSR count). The number of nitrogens with zero attached hydrogens (tertiary/aromatic N) is 3. The van der Waals surface area contributed by atoms with E-state index in [2.05, 4.69) is 22.4 Å². The first kappa shape index (κ1) is 13.2. The Morgan fingerprint density at radius 2 is 2.44 bits per heavy atom. The van der Waals surface area contributed by atoms with Gasteiger partial charge in [0.05, 0.1) is 6.10 Å². The minimum Gasteiger partial charge on any atom is -0.391 e. The first-order valence-corrected chi connectivity index (χ1v) is 7.07. The lowest BCUT2D eigenvalue weighted by Crippen LogP contribution is -2.42. The van der Waals surface area contributed by atoms with Crippen LogP contribution < -0.4 is 5.32 Å². The van der Waals surface area contributed by atoms with Crippen LogP contribution >= 0.6 is 11.3 Å². The first-order chi connectivity index (χ1) is 8.70. The van der Waals surface area contributed by atoms with Gasteiger partial charge in [-0.15, -0.1) is 10.2 Å². The van der Waals surface area contributed by atoms with E-state index in [-0.39, 0.29) is 5.91 Å². The van der Waals surface area contributed by atoms with Gasteiger partial charge in [0.1, 0.15) is 0 Å². The largest absolute Gasteiger partial charge is 0.391 e. The van der Waals surface area contributed by atoms with E-state index in [0.29, 0.717) is 23.2 Å². The van der Waals surface area contributed by atoms with Crippen molar-refractivity contribution in [2.45, 2.75) is 32.3 Å². The third-order valence-electron chi connectivity index (χ3n) is 2.82. The van der Waals surface area contributed by atoms with Crippen LogP contribution in [0.4, 0.5) is 5.13 Å². The number of anilines is 1. The average Bonchev–Trinajstić information content (AvgIpc) is 2.84. The second-order valence-corrected chi connectivity index (χ2v) is 5.36. The van der Waals surface area contributed by atoms with Gasteiger partial charge in [-0.3, -0.25) is 4.79 Å². The van der Waals surface area contributed by atoms with Crippen molar-refractivity contribution < 1.29 is 9.90 Å². The number of amides is 1. The van der Waals surface area contributed by atoms with Crippen LogP contribution in [0.3, 0.4) is 0 Å². The summed E-state index contributed by atoms with van der Waals surface area (Å²) >= 11 is 1.27. The Morgan fingerprint density at radius 1 is 1.61 bits per heavy atom. The smallest absolute Gasteiger partial charge is 0.284 e. The number of aromatic nitrogens is 2. The summed E-state index contributed by atoms with van der Waals surface area (Å²) in [5, 5.41) is 21.6. The average molecular weight is 270 g/mol. The zero-order valence-electron chi connectivity index (χ0n) is 10.4. The number of aliphatic hydroxyl groups excluding tert-OH is 1. The molecule has 1 atom stereocenters. The Balaban J connectivity index is 1.97. The predicted molar refractivity (Wildman–Crippen MR) is 69.8 cm³/mol. The molecule has 1 amide bonds. The molecule has 0 aliphatic carbocycles. The van der Waals surface area contributed by atoms with E-state index in [1.807, 2.05) is 0 Å². The summed E-state index contributed by atoms with van der Waals surface area (Å²) in [6, 6.07) is 0. The fourth-order valence-corrected chi connectivity index (χ4v) is 2.62. The molecule has 18 heavy (non-hydrogen) atoms. The maximum atomic E-state index is 12.1. The molecule has 7 heteroatoms. The van der Waals surface area contributed by atoms with Crippen LogP contribution in [0, 0.1) is 0 Å². The summed E-state index contributed by atoms with van der Waals surface area (Å²) in [6.07, 6.45) is 2.20. The minimum absolute atomic E-state index is 0.129. The van der Waals surface area contributed by atoms with Gasteiger partial charge in [0.2, 0.25) is 10.1 Å². The Hall–Kier alpha value is -1.21. The van der Waals surface area contributed by atoms with Gasteiger partial charge in [-0.25, -0.2) is 0 Å². The number of rotatable bonds is 4. The van der Waals surface area contributed by atoms with Crippen molar-refractivity contribution >= 4 is 22.4 Å². The summed E-state index contributed by atoms with van der Waals surface area (Å²) in [5.74, 6) is -0.129. The zero-order chi connectivity index (χ0) is 13.0. The number of β-amino-alcohol motifs (C(OH)–C–C–N with tert-alkyl or cyclic N) is 1. The molecular formula is C11H18N4O2S. The Bertz CT molecular complexity index is 410. The fourth-order valence-electron chi connectivity index (χ4n) is 1.89. The molecule has 1 aliphatic rings. The number of likely N-dealkylation sites (tertiary alicyclic amines) is 1. The normalized spacial score (nSPS) is 19.9. The van der Waals surface area contributed by atoms with Crippen molar-refractivity contribution in [3.05, 3.63) is 5.01 Å². The molecule has 0 aromatic carbocycles. The van der Waals surface area contributed by atoms with E-state index in [1.54, 1.807) is 4.90 Å². The van der Waals surface area contributed by atoms with Crippen molar-refractivity contribution in [3.8, 4) is 0 Å². The van der Waals surface area contributed by atoms with Crippen LogP contribution in [0.15, 0.2) is 0 Å². The lowest BCUT2D eigenvalue weighted by atomic mass is 10.1. The number of piperidine rings is 1. The van der Waals surface area contributed by atoms with Gasteiger partial charge in [0.25, 0.3) is 5.91 Å². The topological polar surface area (TPSA) is 78.4 Å². The molecule has 1 unspecified atom stereocenters. The monoisotopic (exact) mass is 270 g/mol. The maximum absolute atomic E-state index is 12.1. The van der Waals surface area contributed by atoms with Gasteiger partial charge in [-0.1, -0.05) is 18.3 Å². The number of carbonyl (C=O) groups excluding carboxylic acids is 1. The van der Waals surface area contributed by atoms with E-state index < -0.39 is 6.10 Å². The summed E-state index contributed by atoms with van der Waals surface area (Å²) in [6.45, 7) is 3.98. The van der Waals surface area contributed by atoms with Crippen molar-refractivity contribution in [1.29, 1.82) is 0 Å². The van der Waals surface area contributed by atoms with Crippen LogP contribution in [0.25, 0.3) is 0 Å². The van der Waals surface area contributed by atoms with Crippen LogP contribution in [-0.4, -0.2) is 51.8 Å². The van der Waals surface area contributed by atoms with Crippen molar-refractivity contribution in [1.82, 2.24) is 15.1 Å². The van der Waals surface area contributed by atoms with Crippen LogP contribution in [-0.2, 0) is 0 Å². The zero-order valence-corrected chi connectivity index (χ0v) is 11.2. The van der Waals surface area contributed by atoms with Crippen LogP contribution in [0.1, 0.15) is 36.0 Å². The van der Waals surface area contributed by atoms with Gasteiger partial charge in [0, 0.05) is 19.6 Å². The van der Waals surface area contributed by atoms with Crippen LogP contribution in [0.2, 0.25) is 0 Å². The molecule has 1 saturated heterocycles. The maximum Gasteiger partial charge on any atom is 0.284 e. The highest BCUT2D eigenvalue weighted by molar-refractivity contribution is 7.17. The van der Waals surface area contributed by atoms with Gasteiger partial charge >= 0.3 is 0 Å². The van der Waals surface area contributed by atoms with E-state index in [4.69, 9.17) is 0 Å². The molecule has 100 valence electrons. The molecular weight excluding hydrogens is 252 g/mol. The molecule has 6 nitrogen and oxygen atoms in total. The predicted octanol–water partition coefficient (Wildman–Crippen LogP) is 0.957. The Morgan fingerprint density at radius 3 is 3.17 bits per heavy atom. The third-order valence-corrected chi connectivity index (χ3v) is 3.69. The number of nitrogens with one attached hydrogen (secondary N) is 1. The summed E-state index contributed by atoms with van der Waals surface area (Å²) < 4.78 is 0. The summed E-state index contributed by atoms with van der Waals surface area (Å²) in [7, 11) is 0. The SMILES string of the molecule is CCCNc1nnc(C(=O)N2CCCC(O)C2)s1. The highest BCUT2D eigenvalue weighted by atomic mass is 32.1. The summed E-state index contributed by atoms with van der Waals surface area (Å²) in [5.41, 5.74) is 0. The Kier molecular flexibility index (Phi) is 4.48. The van der Waals surface area contributed by atoms with Gasteiger partial charge in [-0.2, -0.15) is 0 Å². The fraction of sp³-hybridized carbons (Fsp3) is 0.727. The van der Waals surface area contributed by atoms with Gasteiger partial charge < -0.3 is 15.3 Å². The molecule has 2 heterocycles. The van der Waals surface area contributed by atoms with Crippen molar-refractivity contribution in [2.24, 2.45) is 0 Å². The third kappa shape index (κ3) is 3.17. The highest BCUT2D eigenvalue weighted by Crippen LogP contribution is 2.19. The van der Waals surface area contributed by atoms with Gasteiger partial charge in [-0.05, 0) is 19.3 Å². The van der Waals surface area contributed by atoms with E-state index in [9.17, 15) is 9.90 Å². The Labute approximate surface area is 110 Å². The molecule has 1 fully saturated rings. The van der Waals surface area contributed by atoms with Crippen LogP contribution in [0.5, 0.6) is 0 Å². The molecule has 1 aromatic rings. The molecule has 1 aliphatic heterocycles. The second kappa shape index (κ2) is 6.10. The summed E-state index contributed by atoms with van der Waals surface area (Å²) in [4.78, 5) is 13.8. The second-order valence-electron chi connectivity index (χ2n) is 4.39. The molecule has 1 aromatic heterocycles. The standard InChI is InChI=1S/C11H18N4O2S/c1-2-5-12-11-14-13-9(18-11)10(17)15-6-3-4-8(16)7-15/h8,16H,2-7H2,1H3,(H,12,14). The quantitative estimate of drug-likeness (QED) is 0.852. The lowest BCUT2D eigenvalue weighted by Gasteiger charge is -2.29. The number of aliphatic hydroxyl groups is 1. The minimum atomic E-state index is -0.409. The van der Waals surface area contributed by atoms with Gasteiger partial charge in [0.15, 0.2) is 0 Å². The van der Waals surface area contributed by atoms with Crippen molar-refractivity contribution in [3.63, 3.8) is 0 Å². The van der Waals surface area contributed by atoms with E-state index in [0.717, 1.165) is 25.8 Å². The lowest BCUT2D eigenvalue weighted by molar-refractivity contribution is 0.0473. The number of carbonyl (C=O) groups is 1. The number of hydrogen-bond acceptors (Lipinski definition) is 6. The van der Waals surface area contributed by atoms with Crippen molar-refractivity contribution in [2.75, 3.05) is 25.0 Å². The highest BCUT2D eigenvalue weighted by Gasteiger charge is 2.25.